The van der Waals surface area contributed by atoms with E-state index >= 15 is 0 Å². The minimum absolute atomic E-state index is 0. The molecule has 1 heterocycles. The van der Waals surface area contributed by atoms with Crippen LogP contribution in [-0.4, -0.2) is 29.3 Å². The smallest absolute Gasteiger partial charge is 0.493 e. The fourth-order valence-electron chi connectivity index (χ4n) is 2.35. The third-order valence-electron chi connectivity index (χ3n) is 3.61. The number of ether oxygens (including phenoxy) is 3. The lowest BCUT2D eigenvalue weighted by Crippen LogP contribution is -2.17. The van der Waals surface area contributed by atoms with Gasteiger partial charge in [0.15, 0.2) is 11.5 Å². The standard InChI is InChI=1S/C19H12Cl2F3N3O4.H3N/c1-29-17-4-11(31-19(22,23)24)2-3-15(17)30-16-6-14(21)13(20)5-12(16)18(28)27-10-7-25-9-26-8-10;/h2-9H,1H3,(H,27,28);1H3/i1D;. The number of carbonyl (C=O) groups is 1. The van der Waals surface area contributed by atoms with Gasteiger partial charge in [-0.05, 0) is 18.2 Å². The largest absolute Gasteiger partial charge is 0.573 e. The molecule has 0 bridgehead atoms. The van der Waals surface area contributed by atoms with Gasteiger partial charge in [0.1, 0.15) is 17.8 Å². The maximum atomic E-state index is 12.8. The molecule has 32 heavy (non-hydrogen) atoms. The van der Waals surface area contributed by atoms with Crippen molar-refractivity contribution < 1.29 is 33.5 Å². The average molecular weight is 492 g/mol. The third-order valence-corrected chi connectivity index (χ3v) is 4.33. The normalized spacial score (nSPS) is 11.1. The number of methoxy groups -OCH3 is 1. The van der Waals surface area contributed by atoms with Gasteiger partial charge in [0, 0.05) is 12.1 Å². The van der Waals surface area contributed by atoms with E-state index in [1.165, 1.54) is 30.9 Å². The Bertz CT molecular complexity index is 1120. The summed E-state index contributed by atoms with van der Waals surface area (Å²) in [6.07, 6.45) is -0.912. The molecular weight excluding hydrogens is 476 g/mol. The number of halogens is 5. The molecule has 1 aromatic heterocycles. The number of nitrogens with one attached hydrogen (secondary N) is 1. The quantitative estimate of drug-likeness (QED) is 0.440. The number of amides is 1. The summed E-state index contributed by atoms with van der Waals surface area (Å²) < 4.78 is 59.3. The summed E-state index contributed by atoms with van der Waals surface area (Å²) in [6, 6.07) is 5.52. The van der Waals surface area contributed by atoms with Gasteiger partial charge in [-0.15, -0.1) is 13.2 Å². The predicted molar refractivity (Wildman–Crippen MR) is 111 cm³/mol. The first-order valence-electron chi connectivity index (χ1n) is 8.92. The number of hydrogen-bond donors (Lipinski definition) is 2. The van der Waals surface area contributed by atoms with Gasteiger partial charge < -0.3 is 25.7 Å². The van der Waals surface area contributed by atoms with E-state index in [0.717, 1.165) is 18.2 Å². The lowest BCUT2D eigenvalue weighted by molar-refractivity contribution is -0.274. The van der Waals surface area contributed by atoms with Gasteiger partial charge in [-0.25, -0.2) is 9.97 Å². The Kier molecular flexibility index (Phi) is 7.57. The van der Waals surface area contributed by atoms with Crippen LogP contribution in [0.4, 0.5) is 18.9 Å². The molecule has 0 fully saturated rings. The lowest BCUT2D eigenvalue weighted by atomic mass is 10.1. The number of benzene rings is 2. The van der Waals surface area contributed by atoms with Crippen LogP contribution in [0.3, 0.4) is 0 Å². The topological polar surface area (TPSA) is 118 Å². The molecule has 0 aliphatic heterocycles. The summed E-state index contributed by atoms with van der Waals surface area (Å²) >= 11 is 12.1. The number of anilines is 1. The lowest BCUT2D eigenvalue weighted by Gasteiger charge is -2.16. The monoisotopic (exact) mass is 491 g/mol. The van der Waals surface area contributed by atoms with Crippen LogP contribution in [0.25, 0.3) is 0 Å². The van der Waals surface area contributed by atoms with Gasteiger partial charge >= 0.3 is 6.36 Å². The first-order valence-corrected chi connectivity index (χ1v) is 8.97. The molecule has 0 radical (unpaired) electrons. The fraction of sp³-hybridized carbons (Fsp3) is 0.105. The number of aromatic nitrogens is 2. The van der Waals surface area contributed by atoms with E-state index in [-0.39, 0.29) is 39.0 Å². The van der Waals surface area contributed by atoms with Crippen LogP contribution in [0, 0.1) is 0 Å². The Hall–Kier alpha value is -3.28. The van der Waals surface area contributed by atoms with Gasteiger partial charge in [-0.2, -0.15) is 0 Å². The van der Waals surface area contributed by atoms with Crippen LogP contribution >= 0.6 is 23.2 Å². The Labute approximate surface area is 191 Å². The first kappa shape index (κ1) is 23.4. The molecule has 0 unspecified atom stereocenters. The molecule has 0 aliphatic carbocycles. The zero-order valence-electron chi connectivity index (χ0n) is 17.0. The van der Waals surface area contributed by atoms with Gasteiger partial charge in [0.25, 0.3) is 5.91 Å². The number of rotatable bonds is 6. The summed E-state index contributed by atoms with van der Waals surface area (Å²) in [7, 11) is -0.617. The molecule has 0 aliphatic rings. The number of hydrogen-bond acceptors (Lipinski definition) is 7. The highest BCUT2D eigenvalue weighted by Crippen LogP contribution is 2.39. The Morgan fingerprint density at radius 2 is 1.75 bits per heavy atom. The van der Waals surface area contributed by atoms with Crippen LogP contribution < -0.4 is 25.7 Å². The molecule has 0 saturated heterocycles. The molecule has 4 N–H and O–H groups in total. The van der Waals surface area contributed by atoms with E-state index in [1.54, 1.807) is 0 Å². The minimum Gasteiger partial charge on any atom is -0.493 e. The van der Waals surface area contributed by atoms with Crippen LogP contribution in [-0.2, 0) is 0 Å². The molecule has 0 spiro atoms. The third kappa shape index (κ3) is 6.36. The second kappa shape index (κ2) is 10.4. The van der Waals surface area contributed by atoms with Gasteiger partial charge in [0.05, 0.1) is 42.1 Å². The molecule has 0 saturated carbocycles. The molecule has 13 heteroatoms. The first-order chi connectivity index (χ1) is 15.2. The van der Waals surface area contributed by atoms with Gasteiger partial charge in [-0.3, -0.25) is 4.79 Å². The summed E-state index contributed by atoms with van der Waals surface area (Å²) in [5.41, 5.74) is 0.247. The summed E-state index contributed by atoms with van der Waals surface area (Å²) in [5.74, 6) is -1.62. The van der Waals surface area contributed by atoms with Gasteiger partial charge in [0.2, 0.25) is 0 Å². The van der Waals surface area contributed by atoms with Crippen molar-refractivity contribution in [2.75, 3.05) is 12.4 Å². The second-order valence-electron chi connectivity index (χ2n) is 5.75. The van der Waals surface area contributed by atoms with E-state index in [9.17, 15) is 18.0 Å². The average Bonchev–Trinajstić information content (AvgIpc) is 2.72. The van der Waals surface area contributed by atoms with Gasteiger partial charge in [-0.1, -0.05) is 23.2 Å². The molecule has 0 atom stereocenters. The van der Waals surface area contributed by atoms with E-state index in [0.29, 0.717) is 5.69 Å². The number of carbonyl (C=O) groups excluding carboxylic acids is 1. The summed E-state index contributed by atoms with van der Waals surface area (Å²) in [5, 5.41) is 2.67. The zero-order chi connectivity index (χ0) is 23.3. The summed E-state index contributed by atoms with van der Waals surface area (Å²) in [4.78, 5) is 20.3. The molecule has 3 aromatic rings. The van der Waals surface area contributed by atoms with Crippen molar-refractivity contribution in [1.29, 1.82) is 0 Å². The van der Waals surface area contributed by atoms with Crippen molar-refractivity contribution in [1.82, 2.24) is 16.1 Å². The summed E-state index contributed by atoms with van der Waals surface area (Å²) in [6.45, 7) is 0. The molecule has 2 aromatic carbocycles. The van der Waals surface area contributed by atoms with Crippen LogP contribution in [0.1, 0.15) is 11.7 Å². The maximum Gasteiger partial charge on any atom is 0.573 e. The Morgan fingerprint density at radius 1 is 1.06 bits per heavy atom. The van der Waals surface area contributed by atoms with Crippen molar-refractivity contribution in [3.8, 4) is 23.0 Å². The second-order valence-corrected chi connectivity index (χ2v) is 6.56. The van der Waals surface area contributed by atoms with Crippen LogP contribution in [0.5, 0.6) is 23.0 Å². The van der Waals surface area contributed by atoms with Crippen molar-refractivity contribution in [2.24, 2.45) is 0 Å². The zero-order valence-corrected chi connectivity index (χ0v) is 17.5. The van der Waals surface area contributed by atoms with Crippen molar-refractivity contribution in [3.05, 3.63) is 64.7 Å². The van der Waals surface area contributed by atoms with Crippen molar-refractivity contribution >= 4 is 34.8 Å². The molecule has 170 valence electrons. The van der Waals surface area contributed by atoms with Crippen LogP contribution in [0.15, 0.2) is 49.1 Å². The SMILES string of the molecule is N.[2H]COc1cc(OC(F)(F)F)ccc1Oc1cc(Cl)c(Cl)cc1C(=O)Nc1cncnc1. The van der Waals surface area contributed by atoms with E-state index in [4.69, 9.17) is 34.0 Å². The fourth-order valence-corrected chi connectivity index (χ4v) is 2.67. The van der Waals surface area contributed by atoms with E-state index in [2.05, 4.69) is 20.0 Å². The Balaban J connectivity index is 0.00000385. The van der Waals surface area contributed by atoms with E-state index in [1.807, 2.05) is 0 Å². The molecule has 8 nitrogen and oxygen atoms in total. The van der Waals surface area contributed by atoms with Crippen molar-refractivity contribution in [2.45, 2.75) is 6.36 Å². The number of alkyl halides is 3. The minimum atomic E-state index is -4.92. The Morgan fingerprint density at radius 3 is 2.41 bits per heavy atom. The highest BCUT2D eigenvalue weighted by Gasteiger charge is 2.31. The maximum absolute atomic E-state index is 12.8. The molecular formula is C19H15Cl2F3N4O4. The molecule has 3 rings (SSSR count). The van der Waals surface area contributed by atoms with Crippen LogP contribution in [0.2, 0.25) is 10.0 Å². The molecule has 1 amide bonds. The van der Waals surface area contributed by atoms with E-state index < -0.39 is 25.1 Å². The number of nitrogens with zero attached hydrogens (tertiary/aromatic N) is 2. The van der Waals surface area contributed by atoms with Crippen molar-refractivity contribution in [3.63, 3.8) is 0 Å². The highest BCUT2D eigenvalue weighted by atomic mass is 35.5. The highest BCUT2D eigenvalue weighted by molar-refractivity contribution is 6.42. The predicted octanol–water partition coefficient (Wildman–Crippen LogP) is 5.90.